The normalized spacial score (nSPS) is 13.9. The molecule has 4 N–H and O–H groups in total. The Morgan fingerprint density at radius 1 is 1.33 bits per heavy atom. The van der Waals surface area contributed by atoms with Crippen molar-refractivity contribution in [2.75, 3.05) is 5.32 Å². The van der Waals surface area contributed by atoms with Gasteiger partial charge in [0.2, 0.25) is 11.7 Å². The molecule has 1 aliphatic rings. The quantitative estimate of drug-likeness (QED) is 0.759. The maximum atomic E-state index is 12.1. The Kier molecular flexibility index (Phi) is 3.39. The zero-order valence-corrected chi connectivity index (χ0v) is 11.3. The minimum atomic E-state index is -0.453. The van der Waals surface area contributed by atoms with E-state index in [1.54, 1.807) is 24.3 Å². The molecule has 0 radical (unpaired) electrons. The summed E-state index contributed by atoms with van der Waals surface area (Å²) in [5, 5.41) is 9.42. The van der Waals surface area contributed by atoms with E-state index in [0.29, 0.717) is 17.2 Å². The summed E-state index contributed by atoms with van der Waals surface area (Å²) in [4.78, 5) is 27.4. The van der Waals surface area contributed by atoms with E-state index in [2.05, 4.69) is 20.5 Å². The van der Waals surface area contributed by atoms with Gasteiger partial charge < -0.3 is 11.1 Å². The summed E-state index contributed by atoms with van der Waals surface area (Å²) in [5.74, 6) is 0.401. The lowest BCUT2D eigenvalue weighted by Gasteiger charge is -2.08. The number of carbonyl (C=O) groups excluding carboxylic acids is 2. The first-order valence-electron chi connectivity index (χ1n) is 6.73. The fourth-order valence-corrected chi connectivity index (χ4v) is 2.08. The second-order valence-electron chi connectivity index (χ2n) is 5.07. The summed E-state index contributed by atoms with van der Waals surface area (Å²) in [6, 6.07) is 7.01. The maximum Gasteiger partial charge on any atom is 0.295 e. The fourth-order valence-electron chi connectivity index (χ4n) is 2.08. The van der Waals surface area contributed by atoms with Gasteiger partial charge >= 0.3 is 0 Å². The Morgan fingerprint density at radius 3 is 2.81 bits per heavy atom. The monoisotopic (exact) mass is 285 g/mol. The molecule has 0 bridgehead atoms. The average Bonchev–Trinajstić information content (AvgIpc) is 3.18. The third-order valence-electron chi connectivity index (χ3n) is 3.30. The Hall–Kier alpha value is -2.70. The number of amides is 2. The highest BCUT2D eigenvalue weighted by molar-refractivity contribution is 6.02. The van der Waals surface area contributed by atoms with Crippen molar-refractivity contribution >= 4 is 17.5 Å². The molecular formula is C14H15N5O2. The minimum Gasteiger partial charge on any atom is -0.369 e. The molecule has 1 aliphatic carbocycles. The predicted octanol–water partition coefficient (Wildman–Crippen LogP) is 0.962. The van der Waals surface area contributed by atoms with Crippen LogP contribution in [0.15, 0.2) is 24.3 Å². The molecule has 7 nitrogen and oxygen atoms in total. The fraction of sp³-hybridized carbons (Fsp3) is 0.286. The van der Waals surface area contributed by atoms with Crippen LogP contribution in [0, 0.1) is 0 Å². The van der Waals surface area contributed by atoms with Gasteiger partial charge in [-0.1, -0.05) is 18.2 Å². The van der Waals surface area contributed by atoms with Gasteiger partial charge in [0, 0.05) is 11.6 Å². The van der Waals surface area contributed by atoms with Crippen molar-refractivity contribution in [3.8, 4) is 0 Å². The van der Waals surface area contributed by atoms with Gasteiger partial charge in [-0.2, -0.15) is 0 Å². The molecule has 1 saturated carbocycles. The van der Waals surface area contributed by atoms with E-state index in [1.165, 1.54) is 0 Å². The number of benzene rings is 1. The van der Waals surface area contributed by atoms with Gasteiger partial charge in [-0.05, 0) is 24.5 Å². The second kappa shape index (κ2) is 5.35. The molecule has 7 heteroatoms. The molecule has 1 aromatic heterocycles. The van der Waals surface area contributed by atoms with E-state index in [9.17, 15) is 9.59 Å². The van der Waals surface area contributed by atoms with Crippen molar-refractivity contribution in [2.45, 2.75) is 25.2 Å². The second-order valence-corrected chi connectivity index (χ2v) is 5.07. The number of primary amides is 1. The molecule has 21 heavy (non-hydrogen) atoms. The number of hydrogen-bond acceptors (Lipinski definition) is 4. The lowest BCUT2D eigenvalue weighted by atomic mass is 10.1. The number of nitrogens with zero attached hydrogens (tertiary/aromatic N) is 2. The van der Waals surface area contributed by atoms with Crippen LogP contribution in [0.2, 0.25) is 0 Å². The van der Waals surface area contributed by atoms with Crippen LogP contribution in [0.1, 0.15) is 40.8 Å². The van der Waals surface area contributed by atoms with E-state index < -0.39 is 11.8 Å². The third-order valence-corrected chi connectivity index (χ3v) is 3.30. The number of aromatic amines is 1. The number of aromatic nitrogens is 3. The molecule has 0 spiro atoms. The highest BCUT2D eigenvalue weighted by Crippen LogP contribution is 2.37. The summed E-state index contributed by atoms with van der Waals surface area (Å²) in [7, 11) is 0. The number of anilines is 1. The van der Waals surface area contributed by atoms with Crippen molar-refractivity contribution in [1.29, 1.82) is 0 Å². The van der Waals surface area contributed by atoms with Crippen LogP contribution in [0.25, 0.3) is 0 Å². The van der Waals surface area contributed by atoms with Crippen molar-refractivity contribution in [3.05, 3.63) is 41.5 Å². The van der Waals surface area contributed by atoms with Crippen molar-refractivity contribution in [2.24, 2.45) is 5.73 Å². The summed E-state index contributed by atoms with van der Waals surface area (Å²) in [5.41, 5.74) is 6.40. The molecular weight excluding hydrogens is 270 g/mol. The zero-order chi connectivity index (χ0) is 14.8. The molecule has 1 fully saturated rings. The summed E-state index contributed by atoms with van der Waals surface area (Å²) >= 11 is 0. The number of H-pyrrole nitrogens is 1. The van der Waals surface area contributed by atoms with Gasteiger partial charge in [0.25, 0.3) is 5.91 Å². The van der Waals surface area contributed by atoms with Crippen LogP contribution in [-0.4, -0.2) is 27.0 Å². The van der Waals surface area contributed by atoms with Crippen LogP contribution in [0.4, 0.5) is 5.69 Å². The number of rotatable bonds is 5. The van der Waals surface area contributed by atoms with Gasteiger partial charge in [-0.3, -0.25) is 14.7 Å². The standard InChI is InChI=1S/C14H15N5O2/c15-11(20)7-9-3-1-2-4-10(9)16-14(21)13-17-12(18-19-13)8-5-6-8/h1-4,8H,5-7H2,(H2,15,20)(H,16,21)(H,17,18,19). The molecule has 0 atom stereocenters. The van der Waals surface area contributed by atoms with Crippen LogP contribution in [0.3, 0.4) is 0 Å². The molecule has 0 saturated heterocycles. The van der Waals surface area contributed by atoms with E-state index in [-0.39, 0.29) is 12.2 Å². The Labute approximate surface area is 121 Å². The van der Waals surface area contributed by atoms with Crippen LogP contribution < -0.4 is 11.1 Å². The van der Waals surface area contributed by atoms with Crippen molar-refractivity contribution in [3.63, 3.8) is 0 Å². The van der Waals surface area contributed by atoms with Crippen molar-refractivity contribution < 1.29 is 9.59 Å². The highest BCUT2D eigenvalue weighted by Gasteiger charge is 2.28. The number of nitrogens with two attached hydrogens (primary N) is 1. The lowest BCUT2D eigenvalue weighted by Crippen LogP contribution is -2.18. The molecule has 1 aromatic carbocycles. The predicted molar refractivity (Wildman–Crippen MR) is 75.7 cm³/mol. The molecule has 108 valence electrons. The topological polar surface area (TPSA) is 114 Å². The molecule has 0 aliphatic heterocycles. The summed E-state index contributed by atoms with van der Waals surface area (Å²) < 4.78 is 0. The SMILES string of the molecule is NC(=O)Cc1ccccc1NC(=O)c1n[nH]c(C2CC2)n1. The van der Waals surface area contributed by atoms with Gasteiger partial charge in [0.1, 0.15) is 5.82 Å². The molecule has 1 heterocycles. The van der Waals surface area contributed by atoms with Crippen molar-refractivity contribution in [1.82, 2.24) is 15.2 Å². The van der Waals surface area contributed by atoms with E-state index >= 15 is 0 Å². The lowest BCUT2D eigenvalue weighted by molar-refractivity contribution is -0.117. The Bertz CT molecular complexity index is 690. The highest BCUT2D eigenvalue weighted by atomic mass is 16.2. The van der Waals surface area contributed by atoms with E-state index in [4.69, 9.17) is 5.73 Å². The summed E-state index contributed by atoms with van der Waals surface area (Å²) in [6.07, 6.45) is 2.23. The first kappa shape index (κ1) is 13.3. The van der Waals surface area contributed by atoms with Gasteiger partial charge in [-0.15, -0.1) is 5.10 Å². The van der Waals surface area contributed by atoms with E-state index in [0.717, 1.165) is 18.7 Å². The Balaban J connectivity index is 1.75. The summed E-state index contributed by atoms with van der Waals surface area (Å²) in [6.45, 7) is 0. The van der Waals surface area contributed by atoms with Gasteiger partial charge in [0.15, 0.2) is 0 Å². The van der Waals surface area contributed by atoms with E-state index in [1.807, 2.05) is 0 Å². The first-order chi connectivity index (χ1) is 10.1. The molecule has 2 aromatic rings. The number of hydrogen-bond donors (Lipinski definition) is 3. The molecule has 3 rings (SSSR count). The van der Waals surface area contributed by atoms with Crippen LogP contribution in [0.5, 0.6) is 0 Å². The maximum absolute atomic E-state index is 12.1. The number of para-hydroxylation sites is 1. The largest absolute Gasteiger partial charge is 0.369 e. The minimum absolute atomic E-state index is 0.0672. The molecule has 2 amide bonds. The van der Waals surface area contributed by atoms with Gasteiger partial charge in [-0.25, -0.2) is 4.98 Å². The zero-order valence-electron chi connectivity index (χ0n) is 11.3. The van der Waals surface area contributed by atoms with Crippen LogP contribution >= 0.6 is 0 Å². The smallest absolute Gasteiger partial charge is 0.295 e. The number of carbonyl (C=O) groups is 2. The van der Waals surface area contributed by atoms with Gasteiger partial charge in [0.05, 0.1) is 6.42 Å². The first-order valence-corrected chi connectivity index (χ1v) is 6.73. The third kappa shape index (κ3) is 3.07. The average molecular weight is 285 g/mol. The number of nitrogens with one attached hydrogen (secondary N) is 2. The van der Waals surface area contributed by atoms with Crippen LogP contribution in [-0.2, 0) is 11.2 Å². The Morgan fingerprint density at radius 2 is 2.10 bits per heavy atom. The molecule has 0 unspecified atom stereocenters.